The summed E-state index contributed by atoms with van der Waals surface area (Å²) in [5.41, 5.74) is 11.2. The van der Waals surface area contributed by atoms with Crippen molar-refractivity contribution in [3.8, 4) is 0 Å². The van der Waals surface area contributed by atoms with Crippen molar-refractivity contribution in [2.75, 3.05) is 0 Å². The van der Waals surface area contributed by atoms with E-state index >= 15 is 0 Å². The van der Waals surface area contributed by atoms with Gasteiger partial charge in [0.25, 0.3) is 0 Å². The minimum absolute atomic E-state index is 0. The summed E-state index contributed by atoms with van der Waals surface area (Å²) in [4.78, 5) is 0. The molecule has 0 atom stereocenters. The third kappa shape index (κ3) is 13.3. The van der Waals surface area contributed by atoms with Crippen molar-refractivity contribution in [3.63, 3.8) is 0 Å². The van der Waals surface area contributed by atoms with Gasteiger partial charge in [-0.1, -0.05) is 286 Å². The monoisotopic (exact) mass is 1220 g/mol. The SMILES string of the molecule is Cc1c([Si](c2cc([Si](C)(C)C)c([Si](C)(C)C)c([Si](C)(C)C)c2C)(c2cc([Si](C)(C)C)c([Si](C)(C)C)c([Si](C)(C)C)c2C)c2c(C)c(C)c(C)[c-]2C)cc([Si](C)(C)C)c([Si](C)(C)C)c1[Si](C)(C)C.[Cl-].[Cl-].[Cl-].[Ti+4]. The van der Waals surface area contributed by atoms with Gasteiger partial charge in [0.15, 0.2) is 8.07 Å². The van der Waals surface area contributed by atoms with Gasteiger partial charge in [-0.2, -0.15) is 27.4 Å². The van der Waals surface area contributed by atoms with Gasteiger partial charge in [0.05, 0.1) is 72.7 Å². The molecule has 4 aromatic rings. The second-order valence-electron chi connectivity index (χ2n) is 30.9. The predicted molar refractivity (Wildman–Crippen MR) is 346 cm³/mol. The number of benzene rings is 3. The maximum absolute atomic E-state index is 3.26. The number of hydrogen-bond donors (Lipinski definition) is 0. The molecule has 0 radical (unpaired) electrons. The van der Waals surface area contributed by atoms with Gasteiger partial charge in [-0.05, 0) is 36.3 Å². The fourth-order valence-electron chi connectivity index (χ4n) is 13.1. The van der Waals surface area contributed by atoms with Crippen molar-refractivity contribution >= 4 is 148 Å². The molecule has 0 fully saturated rings. The van der Waals surface area contributed by atoms with Gasteiger partial charge in [-0.3, -0.25) is 0 Å². The van der Waals surface area contributed by atoms with Crippen molar-refractivity contribution < 1.29 is 58.9 Å². The third-order valence-corrected chi connectivity index (χ3v) is 41.2. The minimum Gasteiger partial charge on any atom is -1.00 e. The summed E-state index contributed by atoms with van der Waals surface area (Å²) < 4.78 is 0. The van der Waals surface area contributed by atoms with Gasteiger partial charge >= 0.3 is 21.7 Å². The van der Waals surface area contributed by atoms with Crippen molar-refractivity contribution in [1.82, 2.24) is 0 Å². The van der Waals surface area contributed by atoms with E-state index in [-0.39, 0.29) is 58.9 Å². The maximum atomic E-state index is 3.02. The largest absolute Gasteiger partial charge is 4.00 e. The molecule has 0 aliphatic heterocycles. The Morgan fingerprint density at radius 1 is 0.268 bits per heavy atom. The Bertz CT molecular complexity index is 2330. The third-order valence-electron chi connectivity index (χ3n) is 15.7. The zero-order valence-electron chi connectivity index (χ0n) is 52.4. The molecular weight excluding hydrogens is 1120 g/mol. The summed E-state index contributed by atoms with van der Waals surface area (Å²) in [6, 6.07) is 9.05. The summed E-state index contributed by atoms with van der Waals surface area (Å²) in [7, 11) is -20.2. The van der Waals surface area contributed by atoms with E-state index < -0.39 is 80.7 Å². The van der Waals surface area contributed by atoms with E-state index in [4.69, 9.17) is 0 Å². The normalized spacial score (nSPS) is 13.6. The zero-order valence-corrected chi connectivity index (χ0v) is 66.2. The molecule has 0 nitrogen and oxygen atoms in total. The van der Waals surface area contributed by atoms with Gasteiger partial charge < -0.3 is 37.2 Å². The Labute approximate surface area is 484 Å². The molecule has 0 saturated heterocycles. The van der Waals surface area contributed by atoms with Crippen LogP contribution in [0.15, 0.2) is 18.2 Å². The fourth-order valence-corrected chi connectivity index (χ4v) is 50.3. The number of rotatable bonds is 13. The van der Waals surface area contributed by atoms with Crippen LogP contribution in [0.4, 0.5) is 0 Å². The van der Waals surface area contributed by atoms with E-state index in [0.717, 1.165) is 0 Å². The van der Waals surface area contributed by atoms with Crippen LogP contribution in [0.3, 0.4) is 0 Å². The zero-order chi connectivity index (χ0) is 52.7. The van der Waals surface area contributed by atoms with E-state index in [2.05, 4.69) is 243 Å². The van der Waals surface area contributed by atoms with Gasteiger partial charge in [0, 0.05) is 0 Å². The Kier molecular flexibility index (Phi) is 22.7. The van der Waals surface area contributed by atoms with Crippen LogP contribution in [0, 0.1) is 48.5 Å². The van der Waals surface area contributed by atoms with Crippen molar-refractivity contribution in [2.45, 2.75) is 225 Å². The fraction of sp³-hybridized carbons (Fsp3) is 0.596. The first kappa shape index (κ1) is 71.8. The van der Waals surface area contributed by atoms with Crippen LogP contribution in [0.25, 0.3) is 0 Å². The van der Waals surface area contributed by atoms with E-state index in [1.165, 1.54) is 11.1 Å². The number of hydrogen-bond acceptors (Lipinski definition) is 0. The quantitative estimate of drug-likeness (QED) is 0.106. The Hall–Kier alpha value is 0.763. The molecule has 14 heteroatoms. The molecule has 0 bridgehead atoms. The van der Waals surface area contributed by atoms with Crippen LogP contribution in [-0.2, 0) is 21.7 Å². The summed E-state index contributed by atoms with van der Waals surface area (Å²) in [6.45, 7) is 90.8. The molecule has 0 aromatic heterocycles. The molecule has 4 rings (SSSR count). The topological polar surface area (TPSA) is 0 Å². The predicted octanol–water partition coefficient (Wildman–Crippen LogP) is 0.858. The first-order valence-corrected chi connectivity index (χ1v) is 59.7. The van der Waals surface area contributed by atoms with Gasteiger partial charge in [-0.15, -0.1) is 0 Å². The van der Waals surface area contributed by atoms with E-state index in [0.29, 0.717) is 0 Å². The average molecular weight is 1230 g/mol. The first-order valence-electron chi connectivity index (χ1n) is 26.2. The maximum Gasteiger partial charge on any atom is 4.00 e. The molecular formula is C57H105Cl3Si10Ti. The van der Waals surface area contributed by atoms with Crippen molar-refractivity contribution in [1.29, 1.82) is 0 Å². The summed E-state index contributed by atoms with van der Waals surface area (Å²) in [5, 5.41) is 23.4. The van der Waals surface area contributed by atoms with Crippen LogP contribution in [0.2, 0.25) is 177 Å². The molecule has 398 valence electrons. The molecule has 0 aliphatic rings. The first-order chi connectivity index (χ1) is 29.4. The standard InChI is InChI=1S/C57H105Si10.3ClH.Ti/c1-38-39(2)41(4)51(40(38)3)67(45-35-48(58(8,9)10)55(64(26,27)28)52(42(45)5)61(17,18)19,46-36-49(59(11,12)13)56(65(29,30)31)53(43(46)6)62(20,21)22)47-37-50(60(14,15)16)57(66(32,33)34)54(44(47)7)63(23,24)25;;;;/h35-37H,1-34H3;3*1H;/q-1;;;;+4/p-3. The molecule has 0 unspecified atom stereocenters. The van der Waals surface area contributed by atoms with Crippen LogP contribution < -0.4 is 105 Å². The molecule has 0 amide bonds. The molecule has 4 aromatic carbocycles. The molecule has 0 N–H and O–H groups in total. The van der Waals surface area contributed by atoms with Gasteiger partial charge in [0.2, 0.25) is 0 Å². The summed E-state index contributed by atoms with van der Waals surface area (Å²) >= 11 is 0. The molecule has 0 aliphatic carbocycles. The second-order valence-corrected chi connectivity index (χ2v) is 79.6. The van der Waals surface area contributed by atoms with E-state index in [9.17, 15) is 0 Å². The molecule has 0 heterocycles. The second kappa shape index (κ2) is 22.5. The van der Waals surface area contributed by atoms with Crippen LogP contribution in [0.1, 0.15) is 38.9 Å². The van der Waals surface area contributed by atoms with Crippen LogP contribution >= 0.6 is 0 Å². The average Bonchev–Trinajstić information content (AvgIpc) is 3.26. The van der Waals surface area contributed by atoms with Crippen LogP contribution in [0.5, 0.6) is 0 Å². The van der Waals surface area contributed by atoms with Gasteiger partial charge in [-0.25, -0.2) is 0 Å². The minimum atomic E-state index is -3.26. The Morgan fingerprint density at radius 2 is 0.465 bits per heavy atom. The Morgan fingerprint density at radius 3 is 0.606 bits per heavy atom. The van der Waals surface area contributed by atoms with Crippen molar-refractivity contribution in [2.24, 2.45) is 0 Å². The Balaban J connectivity index is 0.0000122. The van der Waals surface area contributed by atoms with Gasteiger partial charge in [0.1, 0.15) is 0 Å². The van der Waals surface area contributed by atoms with Crippen LogP contribution in [-0.4, -0.2) is 80.7 Å². The number of halogens is 3. The molecule has 0 saturated carbocycles. The van der Waals surface area contributed by atoms with E-state index in [1.807, 2.05) is 31.1 Å². The summed E-state index contributed by atoms with van der Waals surface area (Å²) in [6.07, 6.45) is 0. The molecule has 0 spiro atoms. The van der Waals surface area contributed by atoms with E-state index in [1.54, 1.807) is 64.1 Å². The smallest absolute Gasteiger partial charge is 1.00 e. The van der Waals surface area contributed by atoms with Crippen molar-refractivity contribution in [3.05, 3.63) is 57.1 Å². The summed E-state index contributed by atoms with van der Waals surface area (Å²) in [5.74, 6) is 0. The molecule has 71 heavy (non-hydrogen) atoms.